The molecule has 0 aliphatic carbocycles. The molecule has 0 saturated heterocycles. The van der Waals surface area contributed by atoms with Crippen LogP contribution in [0.4, 0.5) is 0 Å². The van der Waals surface area contributed by atoms with Gasteiger partial charge in [0.1, 0.15) is 11.5 Å². The molecule has 0 aliphatic heterocycles. The van der Waals surface area contributed by atoms with E-state index in [1.165, 1.54) is 11.1 Å². The Morgan fingerprint density at radius 2 is 1.50 bits per heavy atom. The van der Waals surface area contributed by atoms with E-state index in [0.717, 1.165) is 37.6 Å². The molecule has 2 aromatic carbocycles. The lowest BCUT2D eigenvalue weighted by molar-refractivity contribution is 0.275. The summed E-state index contributed by atoms with van der Waals surface area (Å²) in [6, 6.07) is 16.5. The molecular formula is C19H27ClN2O2. The Balaban J connectivity index is 0.00000288. The maximum Gasteiger partial charge on any atom is 0.122 e. The molecule has 0 atom stereocenters. The number of hydrogen-bond acceptors (Lipinski definition) is 4. The number of hydrogen-bond donors (Lipinski definition) is 1. The smallest absolute Gasteiger partial charge is 0.122 e. The first-order valence-corrected chi connectivity index (χ1v) is 7.93. The van der Waals surface area contributed by atoms with E-state index in [-0.39, 0.29) is 12.4 Å². The van der Waals surface area contributed by atoms with Gasteiger partial charge >= 0.3 is 0 Å². The van der Waals surface area contributed by atoms with Crippen LogP contribution in [0.2, 0.25) is 0 Å². The highest BCUT2D eigenvalue weighted by atomic mass is 35.5. The Labute approximate surface area is 151 Å². The highest BCUT2D eigenvalue weighted by Crippen LogP contribution is 2.23. The minimum absolute atomic E-state index is 0. The Morgan fingerprint density at radius 1 is 0.875 bits per heavy atom. The summed E-state index contributed by atoms with van der Waals surface area (Å²) < 4.78 is 10.7. The van der Waals surface area contributed by atoms with E-state index < -0.39 is 0 Å². The van der Waals surface area contributed by atoms with Crippen LogP contribution in [-0.4, -0.2) is 38.8 Å². The van der Waals surface area contributed by atoms with Gasteiger partial charge in [-0.15, -0.1) is 12.4 Å². The summed E-state index contributed by atoms with van der Waals surface area (Å²) in [6.07, 6.45) is 1.02. The number of halogens is 1. The molecule has 2 N–H and O–H groups in total. The molecule has 132 valence electrons. The van der Waals surface area contributed by atoms with Gasteiger partial charge in [0.05, 0.1) is 14.2 Å². The molecule has 0 heterocycles. The highest BCUT2D eigenvalue weighted by Gasteiger charge is 2.08. The van der Waals surface area contributed by atoms with E-state index in [1.807, 2.05) is 12.1 Å². The van der Waals surface area contributed by atoms with Crippen molar-refractivity contribution in [3.05, 3.63) is 59.7 Å². The topological polar surface area (TPSA) is 47.7 Å². The third-order valence-electron chi connectivity index (χ3n) is 3.82. The average Bonchev–Trinajstić information content (AvgIpc) is 2.60. The zero-order valence-electron chi connectivity index (χ0n) is 14.4. The first-order chi connectivity index (χ1) is 11.2. The minimum atomic E-state index is 0. The summed E-state index contributed by atoms with van der Waals surface area (Å²) in [6.45, 7) is 3.32. The van der Waals surface area contributed by atoms with Crippen LogP contribution >= 0.6 is 12.4 Å². The molecule has 0 radical (unpaired) electrons. The van der Waals surface area contributed by atoms with Crippen molar-refractivity contribution in [1.82, 2.24) is 4.90 Å². The monoisotopic (exact) mass is 350 g/mol. The number of nitrogens with zero attached hydrogens (tertiary/aromatic N) is 1. The van der Waals surface area contributed by atoms with Gasteiger partial charge in [0, 0.05) is 32.2 Å². The van der Waals surface area contributed by atoms with E-state index in [4.69, 9.17) is 15.2 Å². The van der Waals surface area contributed by atoms with Crippen LogP contribution in [0.1, 0.15) is 11.1 Å². The summed E-state index contributed by atoms with van der Waals surface area (Å²) in [7, 11) is 3.34. The van der Waals surface area contributed by atoms with Gasteiger partial charge in [0.25, 0.3) is 0 Å². The summed E-state index contributed by atoms with van der Waals surface area (Å²) in [5.74, 6) is 1.63. The van der Waals surface area contributed by atoms with Gasteiger partial charge in [0.15, 0.2) is 0 Å². The lowest BCUT2D eigenvalue weighted by Crippen LogP contribution is -2.31. The van der Waals surface area contributed by atoms with Crippen LogP contribution in [0.5, 0.6) is 11.5 Å². The Bertz CT molecular complexity index is 571. The third kappa shape index (κ3) is 6.40. The van der Waals surface area contributed by atoms with Gasteiger partial charge < -0.3 is 15.2 Å². The zero-order chi connectivity index (χ0) is 16.5. The number of ether oxygens (including phenoxy) is 2. The Hall–Kier alpha value is -1.75. The highest BCUT2D eigenvalue weighted by molar-refractivity contribution is 5.85. The molecule has 24 heavy (non-hydrogen) atoms. The molecule has 0 amide bonds. The van der Waals surface area contributed by atoms with E-state index in [9.17, 15) is 0 Å². The first-order valence-electron chi connectivity index (χ1n) is 7.93. The van der Waals surface area contributed by atoms with Gasteiger partial charge in [0.2, 0.25) is 0 Å². The molecule has 4 nitrogen and oxygen atoms in total. The van der Waals surface area contributed by atoms with E-state index >= 15 is 0 Å². The summed E-state index contributed by atoms with van der Waals surface area (Å²) in [5, 5.41) is 0. The number of nitrogens with two attached hydrogens (primary N) is 1. The quantitative estimate of drug-likeness (QED) is 0.754. The molecule has 0 saturated carbocycles. The van der Waals surface area contributed by atoms with Crippen molar-refractivity contribution in [3.63, 3.8) is 0 Å². The predicted octanol–water partition coefficient (Wildman–Crippen LogP) is 3.13. The standard InChI is InChI=1S/C19H26N2O2.ClH/c1-22-18-12-17(13-19(14-18)23-2)15-21(11-9-20)10-8-16-6-4-3-5-7-16;/h3-7,12-14H,8-11,15,20H2,1-2H3;1H. The van der Waals surface area contributed by atoms with Crippen LogP contribution in [0, 0.1) is 0 Å². The summed E-state index contributed by atoms with van der Waals surface area (Å²) >= 11 is 0. The van der Waals surface area contributed by atoms with Crippen LogP contribution in [0.3, 0.4) is 0 Å². The van der Waals surface area contributed by atoms with Crippen molar-refractivity contribution in [2.45, 2.75) is 13.0 Å². The van der Waals surface area contributed by atoms with Crippen LogP contribution in [0.25, 0.3) is 0 Å². The van der Waals surface area contributed by atoms with Crippen molar-refractivity contribution in [2.24, 2.45) is 5.73 Å². The van der Waals surface area contributed by atoms with Crippen molar-refractivity contribution < 1.29 is 9.47 Å². The Morgan fingerprint density at radius 3 is 2.04 bits per heavy atom. The molecule has 2 aromatic rings. The molecule has 0 spiro atoms. The van der Waals surface area contributed by atoms with Crippen molar-refractivity contribution in [2.75, 3.05) is 33.9 Å². The molecule has 0 unspecified atom stereocenters. The van der Waals surface area contributed by atoms with Crippen molar-refractivity contribution in [1.29, 1.82) is 0 Å². The third-order valence-corrected chi connectivity index (χ3v) is 3.82. The second kappa shape index (κ2) is 10.9. The van der Waals surface area contributed by atoms with Gasteiger partial charge in [-0.2, -0.15) is 0 Å². The van der Waals surface area contributed by atoms with Crippen LogP contribution < -0.4 is 15.2 Å². The zero-order valence-corrected chi connectivity index (χ0v) is 15.2. The van der Waals surface area contributed by atoms with Gasteiger partial charge in [-0.3, -0.25) is 4.90 Å². The predicted molar refractivity (Wildman–Crippen MR) is 101 cm³/mol. The van der Waals surface area contributed by atoms with Gasteiger partial charge in [-0.25, -0.2) is 0 Å². The number of methoxy groups -OCH3 is 2. The minimum Gasteiger partial charge on any atom is -0.497 e. The fourth-order valence-electron chi connectivity index (χ4n) is 2.60. The lowest BCUT2D eigenvalue weighted by atomic mass is 10.1. The van der Waals surface area contributed by atoms with E-state index in [2.05, 4.69) is 41.3 Å². The number of benzene rings is 2. The maximum absolute atomic E-state index is 5.77. The van der Waals surface area contributed by atoms with Gasteiger partial charge in [-0.1, -0.05) is 30.3 Å². The largest absolute Gasteiger partial charge is 0.497 e. The van der Waals surface area contributed by atoms with Crippen molar-refractivity contribution >= 4 is 12.4 Å². The molecule has 0 fully saturated rings. The average molecular weight is 351 g/mol. The second-order valence-electron chi connectivity index (χ2n) is 5.52. The summed E-state index contributed by atoms with van der Waals surface area (Å²) in [5.41, 5.74) is 8.29. The second-order valence-corrected chi connectivity index (χ2v) is 5.52. The van der Waals surface area contributed by atoms with Gasteiger partial charge in [-0.05, 0) is 29.7 Å². The molecule has 0 aromatic heterocycles. The number of rotatable bonds is 9. The van der Waals surface area contributed by atoms with Crippen molar-refractivity contribution in [3.8, 4) is 11.5 Å². The summed E-state index contributed by atoms with van der Waals surface area (Å²) in [4.78, 5) is 2.36. The normalized spacial score (nSPS) is 10.3. The molecule has 2 rings (SSSR count). The molecule has 0 aliphatic rings. The van der Waals surface area contributed by atoms with Crippen LogP contribution in [0.15, 0.2) is 48.5 Å². The van der Waals surface area contributed by atoms with Crippen LogP contribution in [-0.2, 0) is 13.0 Å². The lowest BCUT2D eigenvalue weighted by Gasteiger charge is -2.22. The first kappa shape index (κ1) is 20.3. The molecule has 0 bridgehead atoms. The van der Waals surface area contributed by atoms with E-state index in [0.29, 0.717) is 6.54 Å². The fourth-order valence-corrected chi connectivity index (χ4v) is 2.60. The SMILES string of the molecule is COc1cc(CN(CCN)CCc2ccccc2)cc(OC)c1.Cl. The van der Waals surface area contributed by atoms with E-state index in [1.54, 1.807) is 14.2 Å². The molecule has 5 heteroatoms. The maximum atomic E-state index is 5.77. The Kier molecular flexibility index (Phi) is 9.23. The molecular weight excluding hydrogens is 324 g/mol. The fraction of sp³-hybridized carbons (Fsp3) is 0.368.